The number of amides is 1. The van der Waals surface area contributed by atoms with Crippen LogP contribution in [-0.4, -0.2) is 35.3 Å². The number of piperidine rings is 1. The summed E-state index contributed by atoms with van der Waals surface area (Å²) in [5.74, 6) is 0.978. The molecule has 0 radical (unpaired) electrons. The van der Waals surface area contributed by atoms with Crippen LogP contribution in [0.2, 0.25) is 0 Å². The lowest BCUT2D eigenvalue weighted by Crippen LogP contribution is -2.50. The predicted molar refractivity (Wildman–Crippen MR) is 91.1 cm³/mol. The van der Waals surface area contributed by atoms with Gasteiger partial charge >= 0.3 is 6.09 Å². The van der Waals surface area contributed by atoms with Gasteiger partial charge in [0, 0.05) is 29.3 Å². The highest BCUT2D eigenvalue weighted by atomic mass is 79.9. The number of ether oxygens (including phenoxy) is 1. The van der Waals surface area contributed by atoms with Crippen LogP contribution in [0.25, 0.3) is 0 Å². The summed E-state index contributed by atoms with van der Waals surface area (Å²) in [5, 5.41) is 2.97. The lowest BCUT2D eigenvalue weighted by molar-refractivity contribution is 0.0494. The van der Waals surface area contributed by atoms with Crippen LogP contribution in [0.5, 0.6) is 0 Å². The van der Waals surface area contributed by atoms with Gasteiger partial charge in [-0.25, -0.2) is 9.78 Å². The van der Waals surface area contributed by atoms with Gasteiger partial charge in [0.1, 0.15) is 11.4 Å². The SMILES string of the molecule is CC1CC(NC(=O)OC(C)(C)C)CCN1c1ccc(Br)cn1. The molecule has 1 aromatic rings. The lowest BCUT2D eigenvalue weighted by atomic mass is 9.98. The number of hydrogen-bond donors (Lipinski definition) is 1. The minimum absolute atomic E-state index is 0.150. The first-order valence-electron chi connectivity index (χ1n) is 7.62. The van der Waals surface area contributed by atoms with Gasteiger partial charge in [-0.15, -0.1) is 0 Å². The Labute approximate surface area is 140 Å². The molecule has 2 rings (SSSR count). The number of nitrogens with zero attached hydrogens (tertiary/aromatic N) is 2. The first kappa shape index (κ1) is 17.1. The van der Waals surface area contributed by atoms with Crippen LogP contribution >= 0.6 is 15.9 Å². The maximum absolute atomic E-state index is 11.9. The van der Waals surface area contributed by atoms with E-state index in [0.717, 1.165) is 29.7 Å². The van der Waals surface area contributed by atoms with E-state index in [4.69, 9.17) is 4.74 Å². The topological polar surface area (TPSA) is 54.5 Å². The molecule has 5 nitrogen and oxygen atoms in total. The van der Waals surface area contributed by atoms with Crippen molar-refractivity contribution < 1.29 is 9.53 Å². The highest BCUT2D eigenvalue weighted by Gasteiger charge is 2.28. The van der Waals surface area contributed by atoms with Crippen LogP contribution in [0.15, 0.2) is 22.8 Å². The van der Waals surface area contributed by atoms with Gasteiger partial charge < -0.3 is 15.0 Å². The van der Waals surface area contributed by atoms with Crippen LogP contribution < -0.4 is 10.2 Å². The Balaban J connectivity index is 1.90. The molecule has 0 spiro atoms. The largest absolute Gasteiger partial charge is 0.444 e. The second-order valence-electron chi connectivity index (χ2n) is 6.74. The minimum Gasteiger partial charge on any atom is -0.444 e. The first-order chi connectivity index (χ1) is 10.2. The molecule has 2 heterocycles. The normalized spacial score (nSPS) is 22.3. The molecule has 2 unspecified atom stereocenters. The number of rotatable bonds is 2. The summed E-state index contributed by atoms with van der Waals surface area (Å²) >= 11 is 3.40. The second kappa shape index (κ2) is 6.86. The Kier molecular flexibility index (Phi) is 5.32. The average molecular weight is 370 g/mol. The zero-order valence-corrected chi connectivity index (χ0v) is 15.2. The van der Waals surface area contributed by atoms with Crippen LogP contribution in [0.1, 0.15) is 40.5 Å². The van der Waals surface area contributed by atoms with Crippen LogP contribution in [0, 0.1) is 0 Å². The number of alkyl carbamates (subject to hydrolysis) is 1. The summed E-state index contributed by atoms with van der Waals surface area (Å²) in [6.07, 6.45) is 3.26. The molecule has 122 valence electrons. The quantitative estimate of drug-likeness (QED) is 0.862. The van der Waals surface area contributed by atoms with Gasteiger partial charge in [0.2, 0.25) is 0 Å². The van der Waals surface area contributed by atoms with Crippen LogP contribution in [0.3, 0.4) is 0 Å². The number of carbonyl (C=O) groups excluding carboxylic acids is 1. The molecule has 6 heteroatoms. The fourth-order valence-electron chi connectivity index (χ4n) is 2.66. The van der Waals surface area contributed by atoms with Gasteiger partial charge in [-0.2, -0.15) is 0 Å². The van der Waals surface area contributed by atoms with Crippen molar-refractivity contribution in [2.45, 2.75) is 58.2 Å². The molecule has 0 aromatic carbocycles. The fraction of sp³-hybridized carbons (Fsp3) is 0.625. The van der Waals surface area contributed by atoms with Crippen molar-refractivity contribution in [3.05, 3.63) is 22.8 Å². The second-order valence-corrected chi connectivity index (χ2v) is 7.66. The molecule has 1 aliphatic rings. The first-order valence-corrected chi connectivity index (χ1v) is 8.41. The van der Waals surface area contributed by atoms with Crippen molar-refractivity contribution in [1.29, 1.82) is 0 Å². The van der Waals surface area contributed by atoms with Crippen molar-refractivity contribution in [2.24, 2.45) is 0 Å². The van der Waals surface area contributed by atoms with Gasteiger partial charge in [0.25, 0.3) is 0 Å². The van der Waals surface area contributed by atoms with Crippen molar-refractivity contribution in [2.75, 3.05) is 11.4 Å². The zero-order valence-electron chi connectivity index (χ0n) is 13.6. The van der Waals surface area contributed by atoms with Crippen molar-refractivity contribution in [3.63, 3.8) is 0 Å². The molecule has 22 heavy (non-hydrogen) atoms. The third kappa shape index (κ3) is 4.87. The maximum atomic E-state index is 11.9. The number of aromatic nitrogens is 1. The Bertz CT molecular complexity index is 513. The lowest BCUT2D eigenvalue weighted by Gasteiger charge is -2.38. The third-order valence-corrected chi connectivity index (χ3v) is 4.07. The molecule has 0 aliphatic carbocycles. The number of hydrogen-bond acceptors (Lipinski definition) is 4. The van der Waals surface area contributed by atoms with E-state index in [9.17, 15) is 4.79 Å². The molecule has 1 aliphatic heterocycles. The molecule has 1 aromatic heterocycles. The van der Waals surface area contributed by atoms with Gasteiger partial charge in [0.15, 0.2) is 0 Å². The van der Waals surface area contributed by atoms with Gasteiger partial charge in [-0.1, -0.05) is 0 Å². The molecule has 1 N–H and O–H groups in total. The van der Waals surface area contributed by atoms with E-state index in [2.05, 4.69) is 38.1 Å². The highest BCUT2D eigenvalue weighted by molar-refractivity contribution is 9.10. The Morgan fingerprint density at radius 1 is 1.45 bits per heavy atom. The Morgan fingerprint density at radius 2 is 2.18 bits per heavy atom. The summed E-state index contributed by atoms with van der Waals surface area (Å²) < 4.78 is 6.30. The van der Waals surface area contributed by atoms with Gasteiger partial charge in [-0.3, -0.25) is 0 Å². The Hall–Kier alpha value is -1.30. The van der Waals surface area contributed by atoms with E-state index in [1.807, 2.05) is 39.1 Å². The standard InChI is InChI=1S/C16H24BrN3O2/c1-11-9-13(19-15(21)22-16(2,3)4)7-8-20(11)14-6-5-12(17)10-18-14/h5-6,10-11,13H,7-9H2,1-4H3,(H,19,21). The van der Waals surface area contributed by atoms with E-state index >= 15 is 0 Å². The summed E-state index contributed by atoms with van der Waals surface area (Å²) in [4.78, 5) is 18.6. The number of nitrogens with one attached hydrogen (secondary N) is 1. The zero-order chi connectivity index (χ0) is 16.3. The van der Waals surface area contributed by atoms with E-state index in [0.29, 0.717) is 6.04 Å². The molecule has 0 saturated carbocycles. The predicted octanol–water partition coefficient (Wildman–Crippen LogP) is 3.73. The molecule has 1 amide bonds. The highest BCUT2D eigenvalue weighted by Crippen LogP contribution is 2.24. The minimum atomic E-state index is -0.461. The number of anilines is 1. The van der Waals surface area contributed by atoms with Crippen molar-refractivity contribution in [1.82, 2.24) is 10.3 Å². The van der Waals surface area contributed by atoms with Crippen molar-refractivity contribution in [3.8, 4) is 0 Å². The summed E-state index contributed by atoms with van der Waals surface area (Å²) in [7, 11) is 0. The van der Waals surface area contributed by atoms with E-state index < -0.39 is 5.60 Å². The summed E-state index contributed by atoms with van der Waals surface area (Å²) in [6, 6.07) is 4.49. The van der Waals surface area contributed by atoms with Crippen LogP contribution in [0.4, 0.5) is 10.6 Å². The van der Waals surface area contributed by atoms with Gasteiger partial charge in [0.05, 0.1) is 0 Å². The number of pyridine rings is 1. The average Bonchev–Trinajstić information content (AvgIpc) is 2.38. The van der Waals surface area contributed by atoms with E-state index in [1.165, 1.54) is 0 Å². The molecule has 0 bridgehead atoms. The molecule has 1 fully saturated rings. The van der Waals surface area contributed by atoms with Crippen molar-refractivity contribution >= 4 is 27.8 Å². The van der Waals surface area contributed by atoms with E-state index in [-0.39, 0.29) is 12.1 Å². The fourth-order valence-corrected chi connectivity index (χ4v) is 2.89. The number of halogens is 1. The molecule has 1 saturated heterocycles. The third-order valence-electron chi connectivity index (χ3n) is 3.60. The van der Waals surface area contributed by atoms with Gasteiger partial charge in [-0.05, 0) is 68.6 Å². The molecular weight excluding hydrogens is 346 g/mol. The molecule has 2 atom stereocenters. The number of carbonyl (C=O) groups is 1. The monoisotopic (exact) mass is 369 g/mol. The maximum Gasteiger partial charge on any atom is 0.407 e. The summed E-state index contributed by atoms with van der Waals surface area (Å²) in [6.45, 7) is 8.65. The molecular formula is C16H24BrN3O2. The summed E-state index contributed by atoms with van der Waals surface area (Å²) in [5.41, 5.74) is -0.461. The Morgan fingerprint density at radius 3 is 2.73 bits per heavy atom. The van der Waals surface area contributed by atoms with Crippen LogP contribution in [-0.2, 0) is 4.74 Å². The smallest absolute Gasteiger partial charge is 0.407 e. The van der Waals surface area contributed by atoms with E-state index in [1.54, 1.807) is 0 Å².